The average Bonchev–Trinajstić information content (AvgIpc) is 2.29. The molecule has 0 bridgehead atoms. The number of nitrogens with two attached hydrogens (primary N) is 1. The summed E-state index contributed by atoms with van der Waals surface area (Å²) in [5.74, 6) is 0.624. The molecule has 0 atom stereocenters. The molecule has 0 saturated carbocycles. The first-order chi connectivity index (χ1) is 8.54. The van der Waals surface area contributed by atoms with Gasteiger partial charge >= 0.3 is 0 Å². The van der Waals surface area contributed by atoms with E-state index in [9.17, 15) is 4.39 Å². The van der Waals surface area contributed by atoms with Crippen molar-refractivity contribution in [3.63, 3.8) is 0 Å². The van der Waals surface area contributed by atoms with Gasteiger partial charge in [0.15, 0.2) is 5.82 Å². The highest BCUT2D eigenvalue weighted by molar-refractivity contribution is 6.32. The molecule has 0 unspecified atom stereocenters. The Hall–Kier alpha value is -1.88. The second-order valence-electron chi connectivity index (χ2n) is 3.71. The fourth-order valence-corrected chi connectivity index (χ4v) is 1.62. The van der Waals surface area contributed by atoms with Crippen LogP contribution in [0.4, 0.5) is 10.2 Å². The lowest BCUT2D eigenvalue weighted by molar-refractivity contribution is 0.294. The summed E-state index contributed by atoms with van der Waals surface area (Å²) in [5.41, 5.74) is 6.33. The van der Waals surface area contributed by atoms with Crippen LogP contribution in [-0.2, 0) is 6.61 Å². The molecule has 1 heterocycles. The van der Waals surface area contributed by atoms with Gasteiger partial charge in [-0.1, -0.05) is 11.6 Å². The topological polar surface area (TPSA) is 61.0 Å². The summed E-state index contributed by atoms with van der Waals surface area (Å²) in [6, 6.07) is 5.55. The van der Waals surface area contributed by atoms with Crippen LogP contribution in [0, 0.1) is 12.7 Å². The van der Waals surface area contributed by atoms with E-state index in [1.165, 1.54) is 18.2 Å². The van der Waals surface area contributed by atoms with Crippen molar-refractivity contribution < 1.29 is 9.13 Å². The molecule has 0 spiro atoms. The molecule has 94 valence electrons. The third-order valence-corrected chi connectivity index (χ3v) is 2.48. The van der Waals surface area contributed by atoms with Crippen LogP contribution in [-0.4, -0.2) is 9.97 Å². The van der Waals surface area contributed by atoms with E-state index >= 15 is 0 Å². The molecule has 2 rings (SSSR count). The molecule has 2 aromatic rings. The first-order valence-electron chi connectivity index (χ1n) is 5.22. The SMILES string of the molecule is Cc1cc(N)nc(COc2cc(F)ccc2Cl)n1. The second kappa shape index (κ2) is 5.18. The van der Waals surface area contributed by atoms with Crippen LogP contribution in [0.2, 0.25) is 5.02 Å². The number of hydrogen-bond donors (Lipinski definition) is 1. The maximum Gasteiger partial charge on any atom is 0.168 e. The summed E-state index contributed by atoms with van der Waals surface area (Å²) in [7, 11) is 0. The molecule has 0 aliphatic carbocycles. The first-order valence-corrected chi connectivity index (χ1v) is 5.60. The zero-order valence-corrected chi connectivity index (χ0v) is 10.4. The molecule has 0 aliphatic heterocycles. The number of rotatable bonds is 3. The van der Waals surface area contributed by atoms with Crippen molar-refractivity contribution in [2.24, 2.45) is 0 Å². The number of nitrogen functional groups attached to an aromatic ring is 1. The van der Waals surface area contributed by atoms with Gasteiger partial charge in [0.25, 0.3) is 0 Å². The molecular formula is C12H11ClFN3O. The highest BCUT2D eigenvalue weighted by atomic mass is 35.5. The van der Waals surface area contributed by atoms with Gasteiger partial charge in [0.05, 0.1) is 5.02 Å². The Balaban J connectivity index is 2.13. The smallest absolute Gasteiger partial charge is 0.168 e. The van der Waals surface area contributed by atoms with Crippen LogP contribution >= 0.6 is 11.6 Å². The summed E-state index contributed by atoms with van der Waals surface area (Å²) < 4.78 is 18.4. The normalized spacial score (nSPS) is 10.4. The summed E-state index contributed by atoms with van der Waals surface area (Å²) in [6.07, 6.45) is 0. The molecule has 0 saturated heterocycles. The van der Waals surface area contributed by atoms with Crippen molar-refractivity contribution in [3.05, 3.63) is 46.6 Å². The van der Waals surface area contributed by atoms with Gasteiger partial charge in [0.1, 0.15) is 24.0 Å². The molecule has 18 heavy (non-hydrogen) atoms. The van der Waals surface area contributed by atoms with Crippen LogP contribution in [0.1, 0.15) is 11.5 Å². The molecule has 6 heteroatoms. The van der Waals surface area contributed by atoms with Crippen LogP contribution in [0.3, 0.4) is 0 Å². The Morgan fingerprint density at radius 3 is 2.83 bits per heavy atom. The fraction of sp³-hybridized carbons (Fsp3) is 0.167. The number of aryl methyl sites for hydroxylation is 1. The fourth-order valence-electron chi connectivity index (χ4n) is 1.45. The lowest BCUT2D eigenvalue weighted by Crippen LogP contribution is -2.05. The van der Waals surface area contributed by atoms with Gasteiger partial charge in [0.2, 0.25) is 0 Å². The van der Waals surface area contributed by atoms with E-state index in [1.807, 2.05) is 0 Å². The van der Waals surface area contributed by atoms with E-state index in [-0.39, 0.29) is 12.4 Å². The monoisotopic (exact) mass is 267 g/mol. The van der Waals surface area contributed by atoms with Gasteiger partial charge in [-0.05, 0) is 19.1 Å². The van der Waals surface area contributed by atoms with E-state index in [0.29, 0.717) is 16.7 Å². The molecule has 0 radical (unpaired) electrons. The average molecular weight is 268 g/mol. The van der Waals surface area contributed by atoms with Crippen molar-refractivity contribution in [1.82, 2.24) is 9.97 Å². The van der Waals surface area contributed by atoms with Crippen LogP contribution in [0.15, 0.2) is 24.3 Å². The Labute approximate surface area is 109 Å². The van der Waals surface area contributed by atoms with E-state index in [1.54, 1.807) is 13.0 Å². The van der Waals surface area contributed by atoms with Crippen LogP contribution in [0.5, 0.6) is 5.75 Å². The minimum Gasteiger partial charge on any atom is -0.484 e. The van der Waals surface area contributed by atoms with Crippen molar-refractivity contribution in [2.75, 3.05) is 5.73 Å². The summed E-state index contributed by atoms with van der Waals surface area (Å²) >= 11 is 5.87. The zero-order valence-electron chi connectivity index (χ0n) is 9.65. The van der Waals surface area contributed by atoms with Crippen LogP contribution < -0.4 is 10.5 Å². The molecular weight excluding hydrogens is 257 g/mol. The molecule has 1 aromatic carbocycles. The third kappa shape index (κ3) is 3.07. The quantitative estimate of drug-likeness (QED) is 0.929. The number of benzene rings is 1. The Bertz CT molecular complexity index is 557. The third-order valence-electron chi connectivity index (χ3n) is 2.17. The molecule has 0 amide bonds. The number of nitrogens with zero attached hydrogens (tertiary/aromatic N) is 2. The zero-order chi connectivity index (χ0) is 13.1. The standard InChI is InChI=1S/C12H11ClFN3O/c1-7-4-11(15)17-12(16-7)6-18-10-5-8(14)2-3-9(10)13/h2-5H,6H2,1H3,(H2,15,16,17). The van der Waals surface area contributed by atoms with Gasteiger partial charge in [-0.15, -0.1) is 0 Å². The minimum absolute atomic E-state index is 0.0784. The number of hydrogen-bond acceptors (Lipinski definition) is 4. The maximum atomic E-state index is 13.0. The van der Waals surface area contributed by atoms with E-state index in [4.69, 9.17) is 22.1 Å². The molecule has 0 aliphatic rings. The van der Waals surface area contributed by atoms with E-state index < -0.39 is 5.82 Å². The Kier molecular flexibility index (Phi) is 3.62. The van der Waals surface area contributed by atoms with E-state index in [2.05, 4.69) is 9.97 Å². The maximum absolute atomic E-state index is 13.0. The Morgan fingerprint density at radius 2 is 2.11 bits per heavy atom. The highest BCUT2D eigenvalue weighted by Crippen LogP contribution is 2.25. The van der Waals surface area contributed by atoms with E-state index in [0.717, 1.165) is 5.69 Å². The summed E-state index contributed by atoms with van der Waals surface area (Å²) in [4.78, 5) is 8.15. The van der Waals surface area contributed by atoms with Gasteiger partial charge in [-0.2, -0.15) is 0 Å². The Morgan fingerprint density at radius 1 is 1.33 bits per heavy atom. The number of aromatic nitrogens is 2. The highest BCUT2D eigenvalue weighted by Gasteiger charge is 2.06. The number of anilines is 1. The first kappa shape index (κ1) is 12.6. The lowest BCUT2D eigenvalue weighted by Gasteiger charge is -2.08. The summed E-state index contributed by atoms with van der Waals surface area (Å²) in [5, 5.41) is 0.331. The van der Waals surface area contributed by atoms with Crippen molar-refractivity contribution in [2.45, 2.75) is 13.5 Å². The molecule has 4 nitrogen and oxygen atoms in total. The molecule has 0 fully saturated rings. The number of halogens is 2. The predicted molar refractivity (Wildman–Crippen MR) is 66.9 cm³/mol. The summed E-state index contributed by atoms with van der Waals surface area (Å²) in [6.45, 7) is 1.88. The van der Waals surface area contributed by atoms with Crippen molar-refractivity contribution in [1.29, 1.82) is 0 Å². The van der Waals surface area contributed by atoms with Gasteiger partial charge < -0.3 is 10.5 Å². The van der Waals surface area contributed by atoms with Crippen molar-refractivity contribution >= 4 is 17.4 Å². The minimum atomic E-state index is -0.418. The second-order valence-corrected chi connectivity index (χ2v) is 4.12. The molecule has 1 aromatic heterocycles. The number of ether oxygens (including phenoxy) is 1. The van der Waals surface area contributed by atoms with Crippen molar-refractivity contribution in [3.8, 4) is 5.75 Å². The van der Waals surface area contributed by atoms with Gasteiger partial charge in [-0.25, -0.2) is 14.4 Å². The van der Waals surface area contributed by atoms with Crippen LogP contribution in [0.25, 0.3) is 0 Å². The lowest BCUT2D eigenvalue weighted by atomic mass is 10.3. The van der Waals surface area contributed by atoms with Gasteiger partial charge in [0, 0.05) is 17.8 Å². The molecule has 2 N–H and O–H groups in total. The van der Waals surface area contributed by atoms with Gasteiger partial charge in [-0.3, -0.25) is 0 Å². The predicted octanol–water partition coefficient (Wildman–Crippen LogP) is 2.74. The largest absolute Gasteiger partial charge is 0.484 e.